The van der Waals surface area contributed by atoms with Crippen LogP contribution in [0.15, 0.2) is 85.1 Å². The quantitative estimate of drug-likeness (QED) is 0.432. The summed E-state index contributed by atoms with van der Waals surface area (Å²) in [5, 5.41) is 3.91. The summed E-state index contributed by atoms with van der Waals surface area (Å²) in [6.45, 7) is 0. The van der Waals surface area contributed by atoms with Crippen LogP contribution in [0.4, 0.5) is 11.4 Å². The Labute approximate surface area is 203 Å². The predicted octanol–water partition coefficient (Wildman–Crippen LogP) is 4.98. The average molecular weight is 468 g/mol. The van der Waals surface area contributed by atoms with Crippen molar-refractivity contribution in [3.05, 3.63) is 90.6 Å². The Bertz CT molecular complexity index is 1370. The van der Waals surface area contributed by atoms with E-state index in [1.54, 1.807) is 25.3 Å². The van der Waals surface area contributed by atoms with E-state index >= 15 is 0 Å². The van der Waals surface area contributed by atoms with E-state index in [4.69, 9.17) is 9.47 Å². The van der Waals surface area contributed by atoms with Crippen LogP contribution in [0, 0.1) is 5.92 Å². The van der Waals surface area contributed by atoms with Crippen molar-refractivity contribution in [1.29, 1.82) is 0 Å². The Morgan fingerprint density at radius 1 is 0.943 bits per heavy atom. The maximum absolute atomic E-state index is 13.5. The zero-order valence-electron chi connectivity index (χ0n) is 19.5. The molecule has 7 nitrogen and oxygen atoms in total. The Balaban J connectivity index is 1.49. The molecular weight excluding hydrogens is 442 g/mol. The molecule has 0 spiro atoms. The largest absolute Gasteiger partial charge is 0.497 e. The number of pyridine rings is 1. The monoisotopic (exact) mass is 467 g/mol. The normalized spacial score (nSPS) is 17.4. The van der Waals surface area contributed by atoms with E-state index in [0.717, 1.165) is 16.5 Å². The highest BCUT2D eigenvalue weighted by Crippen LogP contribution is 2.42. The molecule has 4 aromatic rings. The van der Waals surface area contributed by atoms with E-state index in [0.29, 0.717) is 22.9 Å². The predicted molar refractivity (Wildman–Crippen MR) is 135 cm³/mol. The van der Waals surface area contributed by atoms with E-state index in [9.17, 15) is 9.59 Å². The maximum atomic E-state index is 13.5. The van der Waals surface area contributed by atoms with Gasteiger partial charge in [-0.25, -0.2) is 0 Å². The van der Waals surface area contributed by atoms with Gasteiger partial charge >= 0.3 is 0 Å². The lowest BCUT2D eigenvalue weighted by atomic mass is 9.92. The van der Waals surface area contributed by atoms with Crippen LogP contribution >= 0.6 is 0 Å². The minimum absolute atomic E-state index is 0.0928. The van der Waals surface area contributed by atoms with Crippen molar-refractivity contribution < 1.29 is 19.1 Å². The highest BCUT2D eigenvalue weighted by molar-refractivity contribution is 6.05. The number of aromatic nitrogens is 1. The fraction of sp³-hybridized carbons (Fsp3) is 0.179. The molecule has 2 amide bonds. The Morgan fingerprint density at radius 2 is 1.60 bits per heavy atom. The van der Waals surface area contributed by atoms with Gasteiger partial charge in [0, 0.05) is 17.5 Å². The lowest BCUT2D eigenvalue weighted by molar-refractivity contribution is -0.122. The van der Waals surface area contributed by atoms with Crippen molar-refractivity contribution in [1.82, 2.24) is 4.98 Å². The van der Waals surface area contributed by atoms with Gasteiger partial charge in [-0.05, 0) is 54.1 Å². The van der Waals surface area contributed by atoms with Gasteiger partial charge < -0.3 is 19.7 Å². The summed E-state index contributed by atoms with van der Waals surface area (Å²) in [5.41, 5.74) is 3.00. The summed E-state index contributed by atoms with van der Waals surface area (Å²) in [6.07, 6.45) is 1.73. The summed E-state index contributed by atoms with van der Waals surface area (Å²) in [5.74, 6) is 0.460. The van der Waals surface area contributed by atoms with E-state index in [2.05, 4.69) is 10.3 Å². The van der Waals surface area contributed by atoms with Crippen LogP contribution in [-0.4, -0.2) is 31.0 Å². The minimum atomic E-state index is -0.593. The first-order valence-corrected chi connectivity index (χ1v) is 11.3. The molecule has 2 unspecified atom stereocenters. The summed E-state index contributed by atoms with van der Waals surface area (Å²) < 4.78 is 10.6. The number of hydrogen-bond acceptors (Lipinski definition) is 5. The van der Waals surface area contributed by atoms with Crippen molar-refractivity contribution in [2.45, 2.75) is 12.5 Å². The van der Waals surface area contributed by atoms with Crippen LogP contribution in [0.5, 0.6) is 11.5 Å². The molecule has 1 aliphatic rings. The number of benzene rings is 3. The smallest absolute Gasteiger partial charge is 0.230 e. The molecular formula is C28H25N3O4. The second-order valence-corrected chi connectivity index (χ2v) is 8.40. The van der Waals surface area contributed by atoms with Gasteiger partial charge in [0.05, 0.1) is 43.6 Å². The molecule has 0 radical (unpaired) electrons. The second-order valence-electron chi connectivity index (χ2n) is 8.40. The standard InChI is InChI=1S/C28H25N3O4/c1-34-22-11-7-18(8-12-22)27-24(16-26(32)31(27)21-9-13-23(35-2)14-10-21)28(33)30-20-15-19-5-3-4-6-25(19)29-17-20/h3-15,17,24,27H,16H2,1-2H3,(H,30,33). The topological polar surface area (TPSA) is 80.8 Å². The maximum Gasteiger partial charge on any atom is 0.230 e. The van der Waals surface area contributed by atoms with Crippen LogP contribution in [-0.2, 0) is 9.59 Å². The third kappa shape index (κ3) is 4.40. The summed E-state index contributed by atoms with van der Waals surface area (Å²) in [6, 6.07) is 23.9. The number of nitrogens with one attached hydrogen (secondary N) is 1. The molecule has 2 atom stereocenters. The molecule has 0 aliphatic carbocycles. The number of carbonyl (C=O) groups is 2. The van der Waals surface area contributed by atoms with Gasteiger partial charge in [0.15, 0.2) is 0 Å². The molecule has 1 aromatic heterocycles. The second kappa shape index (κ2) is 9.46. The third-order valence-corrected chi connectivity index (χ3v) is 6.33. The highest BCUT2D eigenvalue weighted by atomic mass is 16.5. The number of amides is 2. The van der Waals surface area contributed by atoms with Gasteiger partial charge in [-0.2, -0.15) is 0 Å². The van der Waals surface area contributed by atoms with Crippen molar-refractivity contribution in [2.24, 2.45) is 5.92 Å². The van der Waals surface area contributed by atoms with Crippen molar-refractivity contribution in [3.63, 3.8) is 0 Å². The molecule has 7 heteroatoms. The SMILES string of the molecule is COc1ccc(C2C(C(=O)Nc3cnc4ccccc4c3)CC(=O)N2c2ccc(OC)cc2)cc1. The first kappa shape index (κ1) is 22.4. The number of fused-ring (bicyclic) bond motifs is 1. The van der Waals surface area contributed by atoms with Gasteiger partial charge in [-0.15, -0.1) is 0 Å². The van der Waals surface area contributed by atoms with E-state index in [1.165, 1.54) is 0 Å². The zero-order chi connectivity index (χ0) is 24.4. The van der Waals surface area contributed by atoms with Gasteiger partial charge in [-0.1, -0.05) is 30.3 Å². The molecule has 2 heterocycles. The third-order valence-electron chi connectivity index (χ3n) is 6.33. The molecule has 176 valence electrons. The van der Waals surface area contributed by atoms with E-state index < -0.39 is 12.0 Å². The minimum Gasteiger partial charge on any atom is -0.497 e. The molecule has 0 saturated carbocycles. The number of nitrogens with zero attached hydrogens (tertiary/aromatic N) is 2. The fourth-order valence-electron chi connectivity index (χ4n) is 4.57. The van der Waals surface area contributed by atoms with Crippen LogP contribution in [0.2, 0.25) is 0 Å². The molecule has 1 aliphatic heterocycles. The molecule has 35 heavy (non-hydrogen) atoms. The van der Waals surface area contributed by atoms with Crippen LogP contribution in [0.1, 0.15) is 18.0 Å². The number of hydrogen-bond donors (Lipinski definition) is 1. The van der Waals surface area contributed by atoms with Crippen LogP contribution in [0.3, 0.4) is 0 Å². The van der Waals surface area contributed by atoms with Crippen molar-refractivity contribution >= 4 is 34.1 Å². The Morgan fingerprint density at radius 3 is 2.29 bits per heavy atom. The summed E-state index contributed by atoms with van der Waals surface area (Å²) in [4.78, 5) is 32.9. The van der Waals surface area contributed by atoms with E-state index in [1.807, 2.05) is 78.9 Å². The molecule has 1 fully saturated rings. The number of anilines is 2. The van der Waals surface area contributed by atoms with Gasteiger partial charge in [0.2, 0.25) is 11.8 Å². The van der Waals surface area contributed by atoms with Crippen molar-refractivity contribution in [3.8, 4) is 11.5 Å². The first-order chi connectivity index (χ1) is 17.1. The van der Waals surface area contributed by atoms with E-state index in [-0.39, 0.29) is 18.2 Å². The summed E-state index contributed by atoms with van der Waals surface area (Å²) in [7, 11) is 3.20. The van der Waals surface area contributed by atoms with Gasteiger partial charge in [0.1, 0.15) is 11.5 Å². The molecule has 1 saturated heterocycles. The van der Waals surface area contributed by atoms with Gasteiger partial charge in [0.25, 0.3) is 0 Å². The van der Waals surface area contributed by atoms with Crippen LogP contribution < -0.4 is 19.7 Å². The number of para-hydroxylation sites is 1. The Hall–Kier alpha value is -4.39. The molecule has 3 aromatic carbocycles. The lowest BCUT2D eigenvalue weighted by Gasteiger charge is -2.28. The van der Waals surface area contributed by atoms with Crippen molar-refractivity contribution in [2.75, 3.05) is 24.4 Å². The number of methoxy groups -OCH3 is 2. The lowest BCUT2D eigenvalue weighted by Crippen LogP contribution is -2.32. The zero-order valence-corrected chi connectivity index (χ0v) is 19.5. The number of rotatable bonds is 6. The van der Waals surface area contributed by atoms with Crippen LogP contribution in [0.25, 0.3) is 10.9 Å². The molecule has 5 rings (SSSR count). The average Bonchev–Trinajstić information content (AvgIpc) is 3.25. The summed E-state index contributed by atoms with van der Waals surface area (Å²) >= 11 is 0. The highest BCUT2D eigenvalue weighted by Gasteiger charge is 2.45. The van der Waals surface area contributed by atoms with Gasteiger partial charge in [-0.3, -0.25) is 14.6 Å². The number of ether oxygens (including phenoxy) is 2. The molecule has 1 N–H and O–H groups in total. The first-order valence-electron chi connectivity index (χ1n) is 11.3. The Kier molecular flexibility index (Phi) is 6.06. The fourth-order valence-corrected chi connectivity index (χ4v) is 4.57. The molecule has 0 bridgehead atoms. The number of carbonyl (C=O) groups excluding carboxylic acids is 2.